The number of nitrogens with zero attached hydrogens (tertiary/aromatic N) is 1. The van der Waals surface area contributed by atoms with Gasteiger partial charge in [0, 0.05) is 18.3 Å². The van der Waals surface area contributed by atoms with Gasteiger partial charge in [0.05, 0.1) is 5.56 Å². The number of benzene rings is 1. The van der Waals surface area contributed by atoms with Gasteiger partial charge < -0.3 is 10.6 Å². The first-order chi connectivity index (χ1) is 8.32. The lowest BCUT2D eigenvalue weighted by atomic mass is 10.1. The van der Waals surface area contributed by atoms with Crippen LogP contribution in [0.15, 0.2) is 18.2 Å². The smallest absolute Gasteiger partial charge is 0.256 e. The van der Waals surface area contributed by atoms with Gasteiger partial charge in [-0.15, -0.1) is 0 Å². The molecule has 2 N–H and O–H groups in total. The third kappa shape index (κ3) is 3.45. The molecule has 0 aliphatic rings. The van der Waals surface area contributed by atoms with Gasteiger partial charge in [0.15, 0.2) is 0 Å². The van der Waals surface area contributed by atoms with Gasteiger partial charge in [-0.2, -0.15) is 0 Å². The van der Waals surface area contributed by atoms with Gasteiger partial charge in [0.25, 0.3) is 5.91 Å². The van der Waals surface area contributed by atoms with Crippen LogP contribution in [-0.2, 0) is 0 Å². The average molecular weight is 252 g/mol. The fourth-order valence-electron chi connectivity index (χ4n) is 1.80. The number of anilines is 1. The van der Waals surface area contributed by atoms with Crippen molar-refractivity contribution >= 4 is 11.6 Å². The number of carbonyl (C=O) groups is 1. The number of nitrogens with two attached hydrogens (primary N) is 1. The molecule has 0 bridgehead atoms. The Labute approximate surface area is 108 Å². The molecule has 0 unspecified atom stereocenters. The molecule has 1 rings (SSSR count). The van der Waals surface area contributed by atoms with Crippen molar-refractivity contribution in [2.75, 3.05) is 12.3 Å². The number of rotatable bonds is 4. The third-order valence-electron chi connectivity index (χ3n) is 2.69. The van der Waals surface area contributed by atoms with E-state index in [-0.39, 0.29) is 17.6 Å². The molecule has 0 aromatic heterocycles. The van der Waals surface area contributed by atoms with Crippen molar-refractivity contribution in [2.45, 2.75) is 33.7 Å². The summed E-state index contributed by atoms with van der Waals surface area (Å²) in [5.74, 6) is -0.196. The van der Waals surface area contributed by atoms with Gasteiger partial charge in [-0.05, 0) is 38.0 Å². The molecule has 0 radical (unpaired) electrons. The number of halogens is 1. The highest BCUT2D eigenvalue weighted by Gasteiger charge is 2.21. The van der Waals surface area contributed by atoms with E-state index < -0.39 is 5.82 Å². The molecule has 0 saturated heterocycles. The van der Waals surface area contributed by atoms with Crippen molar-refractivity contribution in [1.82, 2.24) is 4.90 Å². The van der Waals surface area contributed by atoms with Crippen LogP contribution in [0.3, 0.4) is 0 Å². The van der Waals surface area contributed by atoms with Crippen LogP contribution in [-0.4, -0.2) is 23.4 Å². The molecule has 1 aromatic rings. The molecule has 4 heteroatoms. The lowest BCUT2D eigenvalue weighted by Gasteiger charge is -2.29. The standard InChI is InChI=1S/C14H21FN2O/c1-9(2)8-17(10(3)4)14(18)12-6-5-11(15)7-13(12)16/h5-7,9-10H,8,16H2,1-4H3. The highest BCUT2D eigenvalue weighted by atomic mass is 19.1. The van der Waals surface area contributed by atoms with Crippen molar-refractivity contribution in [1.29, 1.82) is 0 Å². The van der Waals surface area contributed by atoms with Gasteiger partial charge >= 0.3 is 0 Å². The van der Waals surface area contributed by atoms with Crippen molar-refractivity contribution < 1.29 is 9.18 Å². The molecular weight excluding hydrogens is 231 g/mol. The van der Waals surface area contributed by atoms with Gasteiger partial charge in [0.1, 0.15) is 5.82 Å². The molecule has 3 nitrogen and oxygen atoms in total. The predicted molar refractivity (Wildman–Crippen MR) is 71.8 cm³/mol. The minimum absolute atomic E-state index is 0.0874. The highest BCUT2D eigenvalue weighted by Crippen LogP contribution is 2.18. The highest BCUT2D eigenvalue weighted by molar-refractivity contribution is 5.99. The monoisotopic (exact) mass is 252 g/mol. The second kappa shape index (κ2) is 5.85. The maximum absolute atomic E-state index is 13.0. The fourth-order valence-corrected chi connectivity index (χ4v) is 1.80. The van der Waals surface area contributed by atoms with E-state index in [2.05, 4.69) is 13.8 Å². The van der Waals surface area contributed by atoms with E-state index in [0.717, 1.165) is 0 Å². The molecule has 0 fully saturated rings. The van der Waals surface area contributed by atoms with Crippen molar-refractivity contribution in [3.8, 4) is 0 Å². The zero-order valence-corrected chi connectivity index (χ0v) is 11.4. The van der Waals surface area contributed by atoms with E-state index in [1.54, 1.807) is 4.90 Å². The summed E-state index contributed by atoms with van der Waals surface area (Å²) in [6.07, 6.45) is 0. The van der Waals surface area contributed by atoms with Crippen LogP contribution in [0, 0.1) is 11.7 Å². The summed E-state index contributed by atoms with van der Waals surface area (Å²) >= 11 is 0. The van der Waals surface area contributed by atoms with E-state index >= 15 is 0 Å². The first-order valence-electron chi connectivity index (χ1n) is 6.19. The molecule has 0 heterocycles. The van der Waals surface area contributed by atoms with E-state index in [9.17, 15) is 9.18 Å². The van der Waals surface area contributed by atoms with E-state index in [1.807, 2.05) is 13.8 Å². The number of amides is 1. The van der Waals surface area contributed by atoms with Gasteiger partial charge in [-0.3, -0.25) is 4.79 Å². The lowest BCUT2D eigenvalue weighted by Crippen LogP contribution is -2.39. The Bertz CT molecular complexity index is 430. The summed E-state index contributed by atoms with van der Waals surface area (Å²) in [6.45, 7) is 8.68. The van der Waals surface area contributed by atoms with Gasteiger partial charge in [0.2, 0.25) is 0 Å². The second-order valence-electron chi connectivity index (χ2n) is 5.18. The fraction of sp³-hybridized carbons (Fsp3) is 0.500. The van der Waals surface area contributed by atoms with E-state index in [1.165, 1.54) is 18.2 Å². The zero-order valence-electron chi connectivity index (χ0n) is 11.4. The van der Waals surface area contributed by atoms with Crippen molar-refractivity contribution in [2.24, 2.45) is 5.92 Å². The Balaban J connectivity index is 3.02. The lowest BCUT2D eigenvalue weighted by molar-refractivity contribution is 0.0683. The largest absolute Gasteiger partial charge is 0.398 e. The normalized spacial score (nSPS) is 11.1. The SMILES string of the molecule is CC(C)CN(C(=O)c1ccc(F)cc1N)C(C)C. The van der Waals surface area contributed by atoms with Crippen molar-refractivity contribution in [3.05, 3.63) is 29.6 Å². The summed E-state index contributed by atoms with van der Waals surface area (Å²) in [4.78, 5) is 14.1. The topological polar surface area (TPSA) is 46.3 Å². The van der Waals surface area contributed by atoms with Crippen LogP contribution >= 0.6 is 0 Å². The molecule has 0 saturated carbocycles. The Morgan fingerprint density at radius 3 is 2.39 bits per heavy atom. The summed E-state index contributed by atoms with van der Waals surface area (Å²) in [5.41, 5.74) is 6.26. The summed E-state index contributed by atoms with van der Waals surface area (Å²) in [7, 11) is 0. The van der Waals surface area contributed by atoms with Crippen molar-refractivity contribution in [3.63, 3.8) is 0 Å². The second-order valence-corrected chi connectivity index (χ2v) is 5.18. The average Bonchev–Trinajstić information content (AvgIpc) is 2.24. The predicted octanol–water partition coefficient (Wildman–Crippen LogP) is 2.91. The molecule has 0 aliphatic carbocycles. The molecule has 0 spiro atoms. The summed E-state index contributed by atoms with van der Waals surface area (Å²) in [5, 5.41) is 0. The quantitative estimate of drug-likeness (QED) is 0.837. The van der Waals surface area contributed by atoms with Crippen LogP contribution < -0.4 is 5.73 Å². The molecule has 100 valence electrons. The van der Waals surface area contributed by atoms with Crippen LogP contribution in [0.2, 0.25) is 0 Å². The van der Waals surface area contributed by atoms with E-state index in [0.29, 0.717) is 18.0 Å². The van der Waals surface area contributed by atoms with Crippen LogP contribution in [0.5, 0.6) is 0 Å². The number of hydrogen-bond acceptors (Lipinski definition) is 2. The molecule has 1 aromatic carbocycles. The Morgan fingerprint density at radius 1 is 1.33 bits per heavy atom. The van der Waals surface area contributed by atoms with Crippen LogP contribution in [0.4, 0.5) is 10.1 Å². The van der Waals surface area contributed by atoms with Crippen LogP contribution in [0.1, 0.15) is 38.1 Å². The number of hydrogen-bond donors (Lipinski definition) is 1. The van der Waals surface area contributed by atoms with Gasteiger partial charge in [-0.25, -0.2) is 4.39 Å². The minimum atomic E-state index is -0.427. The molecule has 1 amide bonds. The maximum atomic E-state index is 13.0. The number of carbonyl (C=O) groups excluding carboxylic acids is 1. The Kier molecular flexibility index (Phi) is 4.70. The third-order valence-corrected chi connectivity index (χ3v) is 2.69. The first kappa shape index (κ1) is 14.5. The molecule has 18 heavy (non-hydrogen) atoms. The van der Waals surface area contributed by atoms with E-state index in [4.69, 9.17) is 5.73 Å². The van der Waals surface area contributed by atoms with Gasteiger partial charge in [-0.1, -0.05) is 13.8 Å². The summed E-state index contributed by atoms with van der Waals surface area (Å²) in [6, 6.07) is 3.98. The number of nitrogen functional groups attached to an aromatic ring is 1. The Hall–Kier alpha value is -1.58. The molecular formula is C14H21FN2O. The maximum Gasteiger partial charge on any atom is 0.256 e. The first-order valence-corrected chi connectivity index (χ1v) is 6.19. The zero-order chi connectivity index (χ0) is 13.9. The Morgan fingerprint density at radius 2 is 1.94 bits per heavy atom. The molecule has 0 atom stereocenters. The van der Waals surface area contributed by atoms with Crippen LogP contribution in [0.25, 0.3) is 0 Å². The minimum Gasteiger partial charge on any atom is -0.398 e. The molecule has 0 aliphatic heterocycles. The summed E-state index contributed by atoms with van der Waals surface area (Å²) < 4.78 is 13.0.